The number of halogens is 1. The monoisotopic (exact) mass is 382 g/mol. The molecule has 7 nitrogen and oxygen atoms in total. The molecule has 8 heteroatoms. The maximum Gasteiger partial charge on any atom is 0.276 e. The summed E-state index contributed by atoms with van der Waals surface area (Å²) >= 11 is 5.86. The molecule has 1 N–H and O–H groups in total. The molecular weight excluding hydrogens is 372 g/mol. The van der Waals surface area contributed by atoms with E-state index < -0.39 is 10.8 Å². The van der Waals surface area contributed by atoms with E-state index in [2.05, 4.69) is 5.32 Å². The molecule has 4 rings (SSSR count). The van der Waals surface area contributed by atoms with Crippen molar-refractivity contribution in [1.29, 1.82) is 0 Å². The standard InChI is InChI=1S/C19H11ClN2O5/c20-11-5-7-13(8-6-11)26-16-9-12(22(24)25)10-17-18(16)19(23)21-14-3-1-2-4-15(14)27-17/h1-10H,(H,21,23). The van der Waals surface area contributed by atoms with Gasteiger partial charge in [0.05, 0.1) is 22.7 Å². The van der Waals surface area contributed by atoms with Gasteiger partial charge in [-0.3, -0.25) is 14.9 Å². The van der Waals surface area contributed by atoms with Crippen LogP contribution in [0.2, 0.25) is 5.02 Å². The lowest BCUT2D eigenvalue weighted by atomic mass is 10.1. The van der Waals surface area contributed by atoms with Crippen LogP contribution < -0.4 is 14.8 Å². The predicted octanol–water partition coefficient (Wildman–Crippen LogP) is 5.40. The molecule has 1 heterocycles. The summed E-state index contributed by atoms with van der Waals surface area (Å²) in [6.45, 7) is 0. The lowest BCUT2D eigenvalue weighted by Gasteiger charge is -2.12. The Hall–Kier alpha value is -3.58. The number of carbonyl (C=O) groups is 1. The summed E-state index contributed by atoms with van der Waals surface area (Å²) < 4.78 is 11.5. The summed E-state index contributed by atoms with van der Waals surface area (Å²) in [4.78, 5) is 23.5. The molecule has 0 unspecified atom stereocenters. The summed E-state index contributed by atoms with van der Waals surface area (Å²) in [6, 6.07) is 15.6. The molecular formula is C19H11ClN2O5. The van der Waals surface area contributed by atoms with Crippen LogP contribution in [-0.4, -0.2) is 10.8 Å². The third-order valence-corrected chi connectivity index (χ3v) is 4.14. The van der Waals surface area contributed by atoms with Crippen molar-refractivity contribution in [2.75, 3.05) is 5.32 Å². The lowest BCUT2D eigenvalue weighted by Crippen LogP contribution is -2.12. The quantitative estimate of drug-likeness (QED) is 0.483. The molecule has 0 aliphatic carbocycles. The Bertz CT molecular complexity index is 1070. The van der Waals surface area contributed by atoms with Crippen molar-refractivity contribution >= 4 is 28.9 Å². The first-order valence-electron chi connectivity index (χ1n) is 7.85. The van der Waals surface area contributed by atoms with E-state index in [4.69, 9.17) is 21.1 Å². The van der Waals surface area contributed by atoms with E-state index in [1.165, 1.54) is 12.1 Å². The Morgan fingerprint density at radius 3 is 2.52 bits per heavy atom. The number of carbonyl (C=O) groups excluding carboxylic acids is 1. The zero-order chi connectivity index (χ0) is 19.0. The van der Waals surface area contributed by atoms with Crippen LogP contribution >= 0.6 is 11.6 Å². The van der Waals surface area contributed by atoms with Gasteiger partial charge in [0.1, 0.15) is 11.3 Å². The van der Waals surface area contributed by atoms with Gasteiger partial charge in [-0.05, 0) is 36.4 Å². The molecule has 1 amide bonds. The van der Waals surface area contributed by atoms with E-state index >= 15 is 0 Å². The second kappa shape index (κ2) is 6.62. The first kappa shape index (κ1) is 16.9. The molecule has 3 aromatic carbocycles. The van der Waals surface area contributed by atoms with Gasteiger partial charge in [0.25, 0.3) is 11.6 Å². The third kappa shape index (κ3) is 3.28. The SMILES string of the molecule is O=C1Nc2ccccc2Oc2cc([N+](=O)[O-])cc(Oc3ccc(Cl)cc3)c21. The zero-order valence-corrected chi connectivity index (χ0v) is 14.4. The molecule has 0 aromatic heterocycles. The molecule has 0 radical (unpaired) electrons. The highest BCUT2D eigenvalue weighted by molar-refractivity contribution is 6.30. The van der Waals surface area contributed by atoms with Gasteiger partial charge in [-0.2, -0.15) is 0 Å². The van der Waals surface area contributed by atoms with Gasteiger partial charge >= 0.3 is 0 Å². The first-order valence-corrected chi connectivity index (χ1v) is 8.23. The average molecular weight is 383 g/mol. The Kier molecular flexibility index (Phi) is 4.13. The zero-order valence-electron chi connectivity index (χ0n) is 13.6. The summed E-state index contributed by atoms with van der Waals surface area (Å²) in [5.74, 6) is 0.301. The van der Waals surface area contributed by atoms with Gasteiger partial charge in [0.2, 0.25) is 0 Å². The lowest BCUT2D eigenvalue weighted by molar-refractivity contribution is -0.385. The van der Waals surface area contributed by atoms with Crippen molar-refractivity contribution in [2.24, 2.45) is 0 Å². The molecule has 0 saturated heterocycles. The fourth-order valence-corrected chi connectivity index (χ4v) is 2.78. The van der Waals surface area contributed by atoms with Crippen molar-refractivity contribution < 1.29 is 19.2 Å². The molecule has 134 valence electrons. The van der Waals surface area contributed by atoms with Crippen LogP contribution in [0.4, 0.5) is 11.4 Å². The number of nitro groups is 1. The van der Waals surface area contributed by atoms with Crippen molar-refractivity contribution in [3.05, 3.63) is 81.4 Å². The van der Waals surface area contributed by atoms with Gasteiger partial charge in [0, 0.05) is 5.02 Å². The number of amides is 1. The van der Waals surface area contributed by atoms with Gasteiger partial charge in [0.15, 0.2) is 17.2 Å². The molecule has 27 heavy (non-hydrogen) atoms. The number of benzene rings is 3. The maximum atomic E-state index is 12.8. The van der Waals surface area contributed by atoms with E-state index in [1.807, 2.05) is 0 Å². The van der Waals surface area contributed by atoms with E-state index in [1.54, 1.807) is 48.5 Å². The fraction of sp³-hybridized carbons (Fsp3) is 0. The summed E-state index contributed by atoms with van der Waals surface area (Å²) in [6.07, 6.45) is 0. The number of nitro benzene ring substituents is 1. The van der Waals surface area contributed by atoms with Crippen LogP contribution in [0.25, 0.3) is 0 Å². The van der Waals surface area contributed by atoms with Gasteiger partial charge in [-0.25, -0.2) is 0 Å². The molecule has 1 aliphatic heterocycles. The summed E-state index contributed by atoms with van der Waals surface area (Å²) in [5, 5.41) is 14.6. The van der Waals surface area contributed by atoms with Gasteiger partial charge in [-0.1, -0.05) is 23.7 Å². The number of non-ortho nitro benzene ring substituents is 1. The molecule has 0 saturated carbocycles. The molecule has 3 aromatic rings. The number of hydrogen-bond acceptors (Lipinski definition) is 5. The summed E-state index contributed by atoms with van der Waals surface area (Å²) in [7, 11) is 0. The van der Waals surface area contributed by atoms with Crippen LogP contribution in [0, 0.1) is 10.1 Å². The fourth-order valence-electron chi connectivity index (χ4n) is 2.66. The van der Waals surface area contributed by atoms with E-state index in [9.17, 15) is 14.9 Å². The van der Waals surface area contributed by atoms with E-state index in [-0.39, 0.29) is 22.7 Å². The Labute approximate surface area is 158 Å². The minimum atomic E-state index is -0.576. The average Bonchev–Trinajstić information content (AvgIpc) is 2.79. The predicted molar refractivity (Wildman–Crippen MR) is 99.1 cm³/mol. The van der Waals surface area contributed by atoms with Gasteiger partial charge in [-0.15, -0.1) is 0 Å². The largest absolute Gasteiger partial charge is 0.456 e. The van der Waals surface area contributed by atoms with Crippen molar-refractivity contribution in [1.82, 2.24) is 0 Å². The number of hydrogen-bond donors (Lipinski definition) is 1. The Balaban J connectivity index is 1.85. The van der Waals surface area contributed by atoms with Gasteiger partial charge < -0.3 is 14.8 Å². The number of fused-ring (bicyclic) bond motifs is 2. The highest BCUT2D eigenvalue weighted by Crippen LogP contribution is 2.42. The minimum Gasteiger partial charge on any atom is -0.456 e. The van der Waals surface area contributed by atoms with Crippen LogP contribution in [0.1, 0.15) is 10.4 Å². The minimum absolute atomic E-state index is 0.00632. The second-order valence-electron chi connectivity index (χ2n) is 5.68. The van der Waals surface area contributed by atoms with Crippen molar-refractivity contribution in [3.63, 3.8) is 0 Å². The highest BCUT2D eigenvalue weighted by atomic mass is 35.5. The molecule has 1 aliphatic rings. The number of rotatable bonds is 3. The van der Waals surface area contributed by atoms with E-state index in [0.29, 0.717) is 22.2 Å². The smallest absolute Gasteiger partial charge is 0.276 e. The van der Waals surface area contributed by atoms with Crippen molar-refractivity contribution in [2.45, 2.75) is 0 Å². The molecule has 0 fully saturated rings. The van der Waals surface area contributed by atoms with Crippen LogP contribution in [-0.2, 0) is 0 Å². The Morgan fingerprint density at radius 1 is 1.04 bits per heavy atom. The molecule has 0 atom stereocenters. The van der Waals surface area contributed by atoms with Crippen molar-refractivity contribution in [3.8, 4) is 23.0 Å². The number of anilines is 1. The number of para-hydroxylation sites is 2. The van der Waals surface area contributed by atoms with Crippen LogP contribution in [0.15, 0.2) is 60.7 Å². The first-order chi connectivity index (χ1) is 13.0. The molecule has 0 spiro atoms. The Morgan fingerprint density at radius 2 is 1.78 bits per heavy atom. The van der Waals surface area contributed by atoms with Crippen LogP contribution in [0.5, 0.6) is 23.0 Å². The maximum absolute atomic E-state index is 12.8. The molecule has 0 bridgehead atoms. The number of nitrogens with one attached hydrogen (secondary N) is 1. The summed E-state index contributed by atoms with van der Waals surface area (Å²) in [5.41, 5.74) is 0.260. The number of ether oxygens (including phenoxy) is 2. The van der Waals surface area contributed by atoms with Crippen LogP contribution in [0.3, 0.4) is 0 Å². The topological polar surface area (TPSA) is 90.7 Å². The normalized spacial score (nSPS) is 12.1. The van der Waals surface area contributed by atoms with E-state index in [0.717, 1.165) is 0 Å². The number of nitrogens with zero attached hydrogens (tertiary/aromatic N) is 1. The second-order valence-corrected chi connectivity index (χ2v) is 6.12. The third-order valence-electron chi connectivity index (χ3n) is 3.89. The highest BCUT2D eigenvalue weighted by Gasteiger charge is 2.28.